The molecule has 0 saturated heterocycles. The molecule has 0 aliphatic heterocycles. The predicted octanol–water partition coefficient (Wildman–Crippen LogP) is 4.24. The van der Waals surface area contributed by atoms with Crippen molar-refractivity contribution in [2.24, 2.45) is 0 Å². The number of aliphatic hydroxyl groups excluding tert-OH is 1. The second-order valence-electron chi connectivity index (χ2n) is 4.98. The summed E-state index contributed by atoms with van der Waals surface area (Å²) in [6, 6.07) is 12.7. The first-order valence-electron chi connectivity index (χ1n) is 6.34. The standard InChI is InChI=1S/C16H14ClFO/c17-14-2-1-3-15(18)16(14)13-8-12(13)11-6-4-10(9-19)5-7-11/h1-7,12-13,19H,8-9H2. The molecule has 1 N–H and O–H groups in total. The van der Waals surface area contributed by atoms with Gasteiger partial charge in [-0.2, -0.15) is 0 Å². The minimum atomic E-state index is -0.216. The van der Waals surface area contributed by atoms with E-state index in [1.165, 1.54) is 11.6 Å². The zero-order chi connectivity index (χ0) is 13.4. The van der Waals surface area contributed by atoms with Gasteiger partial charge in [-0.1, -0.05) is 41.9 Å². The van der Waals surface area contributed by atoms with Crippen molar-refractivity contribution in [3.8, 4) is 0 Å². The summed E-state index contributed by atoms with van der Waals surface area (Å²) >= 11 is 6.09. The Morgan fingerprint density at radius 2 is 1.84 bits per heavy atom. The van der Waals surface area contributed by atoms with E-state index >= 15 is 0 Å². The molecule has 2 unspecified atom stereocenters. The summed E-state index contributed by atoms with van der Waals surface area (Å²) in [5.41, 5.74) is 2.71. The topological polar surface area (TPSA) is 20.2 Å². The van der Waals surface area contributed by atoms with E-state index in [1.54, 1.807) is 12.1 Å². The summed E-state index contributed by atoms with van der Waals surface area (Å²) in [4.78, 5) is 0. The molecular weight excluding hydrogens is 263 g/mol. The number of benzene rings is 2. The van der Waals surface area contributed by atoms with E-state index in [2.05, 4.69) is 0 Å². The largest absolute Gasteiger partial charge is 0.392 e. The molecule has 2 aromatic rings. The van der Waals surface area contributed by atoms with Crippen LogP contribution in [0.2, 0.25) is 5.02 Å². The van der Waals surface area contributed by atoms with Gasteiger partial charge in [-0.05, 0) is 41.5 Å². The first-order chi connectivity index (χ1) is 9.20. The molecule has 19 heavy (non-hydrogen) atoms. The van der Waals surface area contributed by atoms with Crippen LogP contribution in [-0.4, -0.2) is 5.11 Å². The summed E-state index contributed by atoms with van der Waals surface area (Å²) in [5, 5.41) is 9.53. The highest BCUT2D eigenvalue weighted by molar-refractivity contribution is 6.31. The molecule has 0 amide bonds. The Balaban J connectivity index is 1.84. The van der Waals surface area contributed by atoms with Gasteiger partial charge >= 0.3 is 0 Å². The highest BCUT2D eigenvalue weighted by Gasteiger charge is 2.42. The molecule has 3 heteroatoms. The van der Waals surface area contributed by atoms with Crippen LogP contribution in [0.15, 0.2) is 42.5 Å². The van der Waals surface area contributed by atoms with Gasteiger partial charge < -0.3 is 5.11 Å². The average molecular weight is 277 g/mol. The van der Waals surface area contributed by atoms with Gasteiger partial charge in [0.2, 0.25) is 0 Å². The van der Waals surface area contributed by atoms with Gasteiger partial charge in [-0.25, -0.2) is 4.39 Å². The number of hydrogen-bond donors (Lipinski definition) is 1. The molecule has 0 aromatic heterocycles. The number of halogens is 2. The van der Waals surface area contributed by atoms with Crippen molar-refractivity contribution in [2.45, 2.75) is 24.9 Å². The third kappa shape index (κ3) is 2.38. The third-order valence-electron chi connectivity index (χ3n) is 3.75. The van der Waals surface area contributed by atoms with E-state index in [4.69, 9.17) is 16.7 Å². The van der Waals surface area contributed by atoms with Crippen LogP contribution in [0.1, 0.15) is 34.9 Å². The smallest absolute Gasteiger partial charge is 0.128 e. The van der Waals surface area contributed by atoms with Gasteiger partial charge in [0.05, 0.1) is 6.61 Å². The Labute approximate surface area is 116 Å². The fraction of sp³-hybridized carbons (Fsp3) is 0.250. The Bertz CT molecular complexity index is 574. The van der Waals surface area contributed by atoms with Crippen LogP contribution in [0.25, 0.3) is 0 Å². The van der Waals surface area contributed by atoms with Crippen LogP contribution in [0.5, 0.6) is 0 Å². The van der Waals surface area contributed by atoms with Gasteiger partial charge in [0.25, 0.3) is 0 Å². The Morgan fingerprint density at radius 3 is 2.47 bits per heavy atom. The maximum Gasteiger partial charge on any atom is 0.128 e. The molecule has 1 saturated carbocycles. The molecule has 2 aromatic carbocycles. The summed E-state index contributed by atoms with van der Waals surface area (Å²) in [6.45, 7) is 0.0491. The predicted molar refractivity (Wildman–Crippen MR) is 73.9 cm³/mol. The summed E-state index contributed by atoms with van der Waals surface area (Å²) in [7, 11) is 0. The normalized spacial score (nSPS) is 21.4. The van der Waals surface area contributed by atoms with Crippen molar-refractivity contribution < 1.29 is 9.50 Å². The molecule has 1 aliphatic rings. The van der Waals surface area contributed by atoms with E-state index < -0.39 is 0 Å². The van der Waals surface area contributed by atoms with Gasteiger partial charge in [0.15, 0.2) is 0 Å². The maximum absolute atomic E-state index is 13.8. The fourth-order valence-corrected chi connectivity index (χ4v) is 2.92. The van der Waals surface area contributed by atoms with E-state index in [0.29, 0.717) is 16.5 Å². The highest BCUT2D eigenvalue weighted by Crippen LogP contribution is 2.56. The number of hydrogen-bond acceptors (Lipinski definition) is 1. The number of rotatable bonds is 3. The first-order valence-corrected chi connectivity index (χ1v) is 6.72. The minimum Gasteiger partial charge on any atom is -0.392 e. The highest BCUT2D eigenvalue weighted by atomic mass is 35.5. The van der Waals surface area contributed by atoms with Crippen molar-refractivity contribution in [2.75, 3.05) is 0 Å². The van der Waals surface area contributed by atoms with Gasteiger partial charge in [-0.3, -0.25) is 0 Å². The van der Waals surface area contributed by atoms with Crippen molar-refractivity contribution in [1.82, 2.24) is 0 Å². The lowest BCUT2D eigenvalue weighted by Crippen LogP contribution is -1.91. The number of aliphatic hydroxyl groups is 1. The quantitative estimate of drug-likeness (QED) is 0.889. The Morgan fingerprint density at radius 1 is 1.11 bits per heavy atom. The van der Waals surface area contributed by atoms with Crippen molar-refractivity contribution in [3.05, 3.63) is 70.0 Å². The molecule has 1 nitrogen and oxygen atoms in total. The van der Waals surface area contributed by atoms with Crippen LogP contribution in [0, 0.1) is 5.82 Å². The second kappa shape index (κ2) is 4.95. The third-order valence-corrected chi connectivity index (χ3v) is 4.08. The fourth-order valence-electron chi connectivity index (χ4n) is 2.62. The van der Waals surface area contributed by atoms with Gasteiger partial charge in [0, 0.05) is 10.6 Å². The van der Waals surface area contributed by atoms with Crippen LogP contribution in [-0.2, 0) is 6.61 Å². The van der Waals surface area contributed by atoms with Gasteiger partial charge in [-0.15, -0.1) is 0 Å². The molecule has 3 rings (SSSR count). The lowest BCUT2D eigenvalue weighted by Gasteiger charge is -2.06. The lowest BCUT2D eigenvalue weighted by molar-refractivity contribution is 0.282. The van der Waals surface area contributed by atoms with E-state index in [-0.39, 0.29) is 18.3 Å². The van der Waals surface area contributed by atoms with Crippen LogP contribution < -0.4 is 0 Å². The summed E-state index contributed by atoms with van der Waals surface area (Å²) in [6.07, 6.45) is 0.930. The van der Waals surface area contributed by atoms with Crippen LogP contribution in [0.4, 0.5) is 4.39 Å². The Kier molecular flexibility index (Phi) is 3.29. The molecule has 2 atom stereocenters. The average Bonchev–Trinajstić information content (AvgIpc) is 3.19. The Hall–Kier alpha value is -1.38. The molecule has 1 fully saturated rings. The van der Waals surface area contributed by atoms with Crippen LogP contribution >= 0.6 is 11.6 Å². The zero-order valence-corrected chi connectivity index (χ0v) is 11.1. The zero-order valence-electron chi connectivity index (χ0n) is 10.3. The van der Waals surface area contributed by atoms with Crippen molar-refractivity contribution >= 4 is 11.6 Å². The lowest BCUT2D eigenvalue weighted by atomic mass is 10.0. The molecule has 98 valence electrons. The molecule has 0 spiro atoms. The first kappa shape index (κ1) is 12.6. The SMILES string of the molecule is OCc1ccc(C2CC2c2c(F)cccc2Cl)cc1. The molecule has 1 aliphatic carbocycles. The maximum atomic E-state index is 13.8. The monoisotopic (exact) mass is 276 g/mol. The molecular formula is C16H14ClFO. The van der Waals surface area contributed by atoms with Gasteiger partial charge in [0.1, 0.15) is 5.82 Å². The second-order valence-corrected chi connectivity index (χ2v) is 5.39. The van der Waals surface area contributed by atoms with E-state index in [9.17, 15) is 4.39 Å². The van der Waals surface area contributed by atoms with E-state index in [1.807, 2.05) is 24.3 Å². The summed E-state index contributed by atoms with van der Waals surface area (Å²) < 4.78 is 13.8. The molecule has 0 radical (unpaired) electrons. The van der Waals surface area contributed by atoms with Crippen molar-refractivity contribution in [1.29, 1.82) is 0 Å². The van der Waals surface area contributed by atoms with E-state index in [0.717, 1.165) is 12.0 Å². The minimum absolute atomic E-state index is 0.0491. The van der Waals surface area contributed by atoms with Crippen molar-refractivity contribution in [3.63, 3.8) is 0 Å². The summed E-state index contributed by atoms with van der Waals surface area (Å²) in [5.74, 6) is 0.294. The molecule has 0 heterocycles. The molecule has 0 bridgehead atoms. The van der Waals surface area contributed by atoms with Crippen LogP contribution in [0.3, 0.4) is 0 Å².